The molecule has 0 unspecified atom stereocenters. The quantitative estimate of drug-likeness (QED) is 0.835. The molecule has 0 saturated carbocycles. The Balaban J connectivity index is 1.92. The van der Waals surface area contributed by atoms with Crippen LogP contribution in [0.2, 0.25) is 0 Å². The molecule has 0 saturated heterocycles. The molecule has 0 fully saturated rings. The fraction of sp³-hybridized carbons (Fsp3) is 0.412. The molecule has 21 heavy (non-hydrogen) atoms. The van der Waals surface area contributed by atoms with Crippen molar-refractivity contribution < 1.29 is 13.5 Å². The van der Waals surface area contributed by atoms with Gasteiger partial charge in [0.05, 0.1) is 6.54 Å². The molecule has 0 aliphatic heterocycles. The highest BCUT2D eigenvalue weighted by Gasteiger charge is 2.09. The molecule has 114 valence electrons. The van der Waals surface area contributed by atoms with Crippen LogP contribution in [-0.4, -0.2) is 6.54 Å². The van der Waals surface area contributed by atoms with E-state index in [1.165, 1.54) is 6.07 Å². The van der Waals surface area contributed by atoms with Crippen molar-refractivity contribution >= 4 is 0 Å². The smallest absolute Gasteiger partial charge is 0.165 e. The molecule has 3 nitrogen and oxygen atoms in total. The second kappa shape index (κ2) is 7.27. The summed E-state index contributed by atoms with van der Waals surface area (Å²) in [5.74, 6) is 2.20. The van der Waals surface area contributed by atoms with Crippen molar-refractivity contribution in [3.8, 4) is 5.75 Å². The maximum Gasteiger partial charge on any atom is 0.165 e. The first kappa shape index (κ1) is 15.6. The molecule has 4 heteroatoms. The number of nitrogens with one attached hydrogen (secondary N) is 1. The van der Waals surface area contributed by atoms with Gasteiger partial charge in [0.15, 0.2) is 11.6 Å². The van der Waals surface area contributed by atoms with E-state index in [1.807, 2.05) is 13.0 Å². The third-order valence-corrected chi connectivity index (χ3v) is 3.14. The molecule has 0 bridgehead atoms. The molecule has 1 N–H and O–H groups in total. The van der Waals surface area contributed by atoms with Gasteiger partial charge in [0.2, 0.25) is 0 Å². The van der Waals surface area contributed by atoms with E-state index in [0.717, 1.165) is 23.6 Å². The second-order valence-corrected chi connectivity index (χ2v) is 5.54. The van der Waals surface area contributed by atoms with Crippen LogP contribution in [0.25, 0.3) is 0 Å². The Bertz CT molecular complexity index is 578. The summed E-state index contributed by atoms with van der Waals surface area (Å²) in [5.41, 5.74) is 0.944. The SMILES string of the molecule is Cc1oc(CNCC(C)C)cc1COc1ccccc1F. The lowest BCUT2D eigenvalue weighted by Gasteiger charge is -2.05. The first-order chi connectivity index (χ1) is 10.1. The average Bonchev–Trinajstić information content (AvgIpc) is 2.78. The van der Waals surface area contributed by atoms with E-state index in [0.29, 0.717) is 19.1 Å². The largest absolute Gasteiger partial charge is 0.486 e. The van der Waals surface area contributed by atoms with Crippen LogP contribution in [0.15, 0.2) is 34.7 Å². The summed E-state index contributed by atoms with van der Waals surface area (Å²) in [6.07, 6.45) is 0. The third kappa shape index (κ3) is 4.60. The standard InChI is InChI=1S/C17H22FNO2/c1-12(2)9-19-10-15-8-14(13(3)21-15)11-20-17-7-5-4-6-16(17)18/h4-8,12,19H,9-11H2,1-3H3. The summed E-state index contributed by atoms with van der Waals surface area (Å²) < 4.78 is 24.7. The van der Waals surface area contributed by atoms with E-state index in [9.17, 15) is 4.39 Å². The van der Waals surface area contributed by atoms with Gasteiger partial charge in [-0.05, 0) is 37.6 Å². The lowest BCUT2D eigenvalue weighted by molar-refractivity contribution is 0.287. The van der Waals surface area contributed by atoms with Gasteiger partial charge in [-0.1, -0.05) is 26.0 Å². The second-order valence-electron chi connectivity index (χ2n) is 5.54. The molecular formula is C17H22FNO2. The predicted octanol–water partition coefficient (Wildman–Crippen LogP) is 4.05. The molecule has 1 aromatic carbocycles. The minimum atomic E-state index is -0.350. The number of hydrogen-bond acceptors (Lipinski definition) is 3. The van der Waals surface area contributed by atoms with Crippen molar-refractivity contribution in [2.24, 2.45) is 5.92 Å². The highest BCUT2D eigenvalue weighted by molar-refractivity contribution is 5.25. The zero-order valence-electron chi connectivity index (χ0n) is 12.8. The maximum atomic E-state index is 13.5. The van der Waals surface area contributed by atoms with E-state index in [1.54, 1.807) is 18.2 Å². The summed E-state index contributed by atoms with van der Waals surface area (Å²) in [7, 11) is 0. The van der Waals surface area contributed by atoms with E-state index >= 15 is 0 Å². The minimum absolute atomic E-state index is 0.262. The van der Waals surface area contributed by atoms with Crippen LogP contribution in [0.4, 0.5) is 4.39 Å². The van der Waals surface area contributed by atoms with Gasteiger partial charge in [-0.25, -0.2) is 4.39 Å². The van der Waals surface area contributed by atoms with Crippen LogP contribution in [-0.2, 0) is 13.2 Å². The molecular weight excluding hydrogens is 269 g/mol. The summed E-state index contributed by atoms with van der Waals surface area (Å²) in [6.45, 7) is 8.16. The van der Waals surface area contributed by atoms with E-state index in [-0.39, 0.29) is 11.6 Å². The van der Waals surface area contributed by atoms with E-state index in [4.69, 9.17) is 9.15 Å². The number of halogens is 1. The Hall–Kier alpha value is -1.81. The fourth-order valence-corrected chi connectivity index (χ4v) is 2.02. The lowest BCUT2D eigenvalue weighted by Crippen LogP contribution is -2.18. The predicted molar refractivity (Wildman–Crippen MR) is 80.7 cm³/mol. The van der Waals surface area contributed by atoms with Crippen molar-refractivity contribution in [1.29, 1.82) is 0 Å². The number of para-hydroxylation sites is 1. The number of aryl methyl sites for hydroxylation is 1. The van der Waals surface area contributed by atoms with Crippen LogP contribution in [0.3, 0.4) is 0 Å². The molecule has 0 atom stereocenters. The highest BCUT2D eigenvalue weighted by Crippen LogP contribution is 2.20. The Kier molecular flexibility index (Phi) is 5.39. The van der Waals surface area contributed by atoms with Crippen molar-refractivity contribution in [2.45, 2.75) is 33.9 Å². The Morgan fingerprint density at radius 2 is 2.05 bits per heavy atom. The van der Waals surface area contributed by atoms with Crippen LogP contribution < -0.4 is 10.1 Å². The topological polar surface area (TPSA) is 34.4 Å². The summed E-state index contributed by atoms with van der Waals surface area (Å²) in [5, 5.41) is 3.33. The molecule has 2 aromatic rings. The van der Waals surface area contributed by atoms with E-state index in [2.05, 4.69) is 19.2 Å². The molecule has 1 aromatic heterocycles. The Morgan fingerprint density at radius 3 is 2.76 bits per heavy atom. The first-order valence-corrected chi connectivity index (χ1v) is 7.22. The summed E-state index contributed by atoms with van der Waals surface area (Å²) in [4.78, 5) is 0. The number of rotatable bonds is 7. The van der Waals surface area contributed by atoms with Gasteiger partial charge in [-0.2, -0.15) is 0 Å². The maximum absolute atomic E-state index is 13.5. The van der Waals surface area contributed by atoms with Crippen LogP contribution >= 0.6 is 0 Å². The molecule has 0 radical (unpaired) electrons. The van der Waals surface area contributed by atoms with Gasteiger partial charge >= 0.3 is 0 Å². The van der Waals surface area contributed by atoms with Crippen LogP contribution in [0, 0.1) is 18.7 Å². The zero-order chi connectivity index (χ0) is 15.2. The molecule has 2 rings (SSSR count). The zero-order valence-corrected chi connectivity index (χ0v) is 12.8. The molecule has 1 heterocycles. The number of hydrogen-bond donors (Lipinski definition) is 1. The molecule has 0 spiro atoms. The van der Waals surface area contributed by atoms with Gasteiger partial charge in [-0.15, -0.1) is 0 Å². The molecule has 0 aliphatic carbocycles. The van der Waals surface area contributed by atoms with Gasteiger partial charge in [0.25, 0.3) is 0 Å². The summed E-state index contributed by atoms with van der Waals surface area (Å²) in [6, 6.07) is 8.36. The summed E-state index contributed by atoms with van der Waals surface area (Å²) >= 11 is 0. The third-order valence-electron chi connectivity index (χ3n) is 3.14. The number of benzene rings is 1. The molecule has 0 aliphatic rings. The van der Waals surface area contributed by atoms with Gasteiger partial charge in [0.1, 0.15) is 18.1 Å². The van der Waals surface area contributed by atoms with Gasteiger partial charge < -0.3 is 14.5 Å². The van der Waals surface area contributed by atoms with Crippen molar-refractivity contribution in [3.05, 3.63) is 53.2 Å². The average molecular weight is 291 g/mol. The number of furan rings is 1. The van der Waals surface area contributed by atoms with Crippen LogP contribution in [0.1, 0.15) is 30.9 Å². The van der Waals surface area contributed by atoms with Crippen molar-refractivity contribution in [1.82, 2.24) is 5.32 Å². The van der Waals surface area contributed by atoms with Gasteiger partial charge in [-0.3, -0.25) is 0 Å². The Labute approximate surface area is 125 Å². The monoisotopic (exact) mass is 291 g/mol. The molecule has 0 amide bonds. The first-order valence-electron chi connectivity index (χ1n) is 7.22. The van der Waals surface area contributed by atoms with Crippen molar-refractivity contribution in [3.63, 3.8) is 0 Å². The number of ether oxygens (including phenoxy) is 1. The lowest BCUT2D eigenvalue weighted by atomic mass is 10.2. The Morgan fingerprint density at radius 1 is 1.29 bits per heavy atom. The van der Waals surface area contributed by atoms with E-state index < -0.39 is 0 Å². The van der Waals surface area contributed by atoms with Crippen LogP contribution in [0.5, 0.6) is 5.75 Å². The fourth-order valence-electron chi connectivity index (χ4n) is 2.02. The normalized spacial score (nSPS) is 11.1. The van der Waals surface area contributed by atoms with Gasteiger partial charge in [0, 0.05) is 5.56 Å². The highest BCUT2D eigenvalue weighted by atomic mass is 19.1. The van der Waals surface area contributed by atoms with Crippen molar-refractivity contribution in [2.75, 3.05) is 6.54 Å². The minimum Gasteiger partial charge on any atom is -0.486 e.